The van der Waals surface area contributed by atoms with Crippen LogP contribution in [0.5, 0.6) is 5.75 Å². The van der Waals surface area contributed by atoms with Crippen molar-refractivity contribution in [2.45, 2.75) is 32.3 Å². The van der Waals surface area contributed by atoms with Crippen LogP contribution in [0.15, 0.2) is 40.2 Å². The van der Waals surface area contributed by atoms with Crippen LogP contribution in [-0.2, 0) is 16.0 Å². The highest BCUT2D eigenvalue weighted by atomic mass is 79.9. The molecule has 1 heterocycles. The number of hydrazine groups is 1. The molecule has 5 nitrogen and oxygen atoms in total. The molecular formula is C17H18BrFN2O3S. The number of nitrogens with one attached hydrogen (secondary N) is 2. The normalized spacial score (nSPS) is 11.6. The molecule has 0 saturated heterocycles. The average Bonchev–Trinajstić information content (AvgIpc) is 3.00. The number of carbonyl (C=O) groups excluding carboxylic acids is 2. The average molecular weight is 429 g/mol. The number of aryl methyl sites for hydroxylation is 1. The zero-order valence-corrected chi connectivity index (χ0v) is 16.0. The van der Waals surface area contributed by atoms with Gasteiger partial charge in [-0.2, -0.15) is 0 Å². The van der Waals surface area contributed by atoms with Gasteiger partial charge in [0.2, 0.25) is 5.91 Å². The van der Waals surface area contributed by atoms with Crippen molar-refractivity contribution in [1.29, 1.82) is 0 Å². The van der Waals surface area contributed by atoms with Gasteiger partial charge in [0.1, 0.15) is 11.6 Å². The van der Waals surface area contributed by atoms with Crippen LogP contribution in [0, 0.1) is 5.82 Å². The first-order valence-electron chi connectivity index (χ1n) is 7.69. The number of ether oxygens (including phenoxy) is 1. The van der Waals surface area contributed by atoms with Crippen LogP contribution in [-0.4, -0.2) is 17.9 Å². The number of hydrogen-bond donors (Lipinski definition) is 2. The monoisotopic (exact) mass is 428 g/mol. The van der Waals surface area contributed by atoms with Crippen molar-refractivity contribution in [3.8, 4) is 5.75 Å². The lowest BCUT2D eigenvalue weighted by molar-refractivity contribution is -0.132. The summed E-state index contributed by atoms with van der Waals surface area (Å²) in [4.78, 5) is 24.8. The molecule has 0 spiro atoms. The van der Waals surface area contributed by atoms with E-state index in [1.807, 2.05) is 12.1 Å². The van der Waals surface area contributed by atoms with Gasteiger partial charge in [-0.1, -0.05) is 0 Å². The minimum atomic E-state index is -0.825. The number of benzene rings is 1. The summed E-state index contributed by atoms with van der Waals surface area (Å²) < 4.78 is 19.3. The Hall–Kier alpha value is -1.93. The molecule has 2 rings (SSSR count). The van der Waals surface area contributed by atoms with Gasteiger partial charge in [-0.15, -0.1) is 11.3 Å². The summed E-state index contributed by atoms with van der Waals surface area (Å²) in [6.45, 7) is 1.54. The number of rotatable bonds is 7. The van der Waals surface area contributed by atoms with Crippen molar-refractivity contribution >= 4 is 39.1 Å². The van der Waals surface area contributed by atoms with Crippen molar-refractivity contribution in [2.75, 3.05) is 0 Å². The summed E-state index contributed by atoms with van der Waals surface area (Å²) >= 11 is 5.03. The maximum Gasteiger partial charge on any atom is 0.279 e. The predicted octanol–water partition coefficient (Wildman–Crippen LogP) is 3.59. The molecule has 0 aliphatic carbocycles. The lowest BCUT2D eigenvalue weighted by Crippen LogP contribution is -2.47. The molecule has 2 N–H and O–H groups in total. The van der Waals surface area contributed by atoms with Gasteiger partial charge in [0.25, 0.3) is 5.91 Å². The van der Waals surface area contributed by atoms with Crippen molar-refractivity contribution in [3.05, 3.63) is 50.9 Å². The van der Waals surface area contributed by atoms with Crippen molar-refractivity contribution < 1.29 is 18.7 Å². The van der Waals surface area contributed by atoms with Gasteiger partial charge in [0.15, 0.2) is 6.10 Å². The smallest absolute Gasteiger partial charge is 0.279 e. The summed E-state index contributed by atoms with van der Waals surface area (Å²) in [7, 11) is 0. The van der Waals surface area contributed by atoms with Crippen LogP contribution in [0.3, 0.4) is 0 Å². The molecule has 1 aromatic carbocycles. The number of amides is 2. The van der Waals surface area contributed by atoms with E-state index in [1.165, 1.54) is 29.1 Å². The van der Waals surface area contributed by atoms with Gasteiger partial charge >= 0.3 is 0 Å². The van der Waals surface area contributed by atoms with E-state index < -0.39 is 12.0 Å². The van der Waals surface area contributed by atoms with Crippen molar-refractivity contribution in [2.24, 2.45) is 0 Å². The number of hydrogen-bond acceptors (Lipinski definition) is 4. The maximum absolute atomic E-state index is 12.8. The van der Waals surface area contributed by atoms with E-state index in [0.717, 1.165) is 10.2 Å². The molecule has 1 atom stereocenters. The van der Waals surface area contributed by atoms with Gasteiger partial charge < -0.3 is 4.74 Å². The van der Waals surface area contributed by atoms with Gasteiger partial charge in [-0.3, -0.25) is 20.4 Å². The minimum Gasteiger partial charge on any atom is -0.481 e. The number of carbonyl (C=O) groups is 2. The highest BCUT2D eigenvalue weighted by Crippen LogP contribution is 2.23. The molecule has 0 fully saturated rings. The molecular weight excluding hydrogens is 411 g/mol. The topological polar surface area (TPSA) is 67.4 Å². The van der Waals surface area contributed by atoms with Gasteiger partial charge in [-0.05, 0) is 72.1 Å². The van der Waals surface area contributed by atoms with E-state index in [4.69, 9.17) is 4.74 Å². The predicted molar refractivity (Wildman–Crippen MR) is 97.7 cm³/mol. The quantitative estimate of drug-likeness (QED) is 0.662. The van der Waals surface area contributed by atoms with E-state index in [-0.39, 0.29) is 11.7 Å². The Kier molecular flexibility index (Phi) is 7.39. The van der Waals surface area contributed by atoms with Gasteiger partial charge in [0.05, 0.1) is 3.79 Å². The summed E-state index contributed by atoms with van der Waals surface area (Å²) in [6, 6.07) is 9.34. The summed E-state index contributed by atoms with van der Waals surface area (Å²) in [6.07, 6.45) is 0.982. The Bertz CT molecular complexity index is 721. The van der Waals surface area contributed by atoms with Crippen LogP contribution in [0.4, 0.5) is 4.39 Å². The first-order chi connectivity index (χ1) is 11.9. The molecule has 0 aliphatic rings. The lowest BCUT2D eigenvalue weighted by atomic mass is 10.2. The second-order valence-corrected chi connectivity index (χ2v) is 7.86. The van der Waals surface area contributed by atoms with Gasteiger partial charge in [-0.25, -0.2) is 4.39 Å². The van der Waals surface area contributed by atoms with E-state index in [0.29, 0.717) is 18.6 Å². The number of thiophene rings is 1. The second kappa shape index (κ2) is 9.53. The largest absolute Gasteiger partial charge is 0.481 e. The molecule has 8 heteroatoms. The SMILES string of the molecule is CC(Oc1ccc(F)cc1)C(=O)NNC(=O)CCCc1ccc(Br)s1. The summed E-state index contributed by atoms with van der Waals surface area (Å²) in [5.41, 5.74) is 4.69. The third-order valence-corrected chi connectivity index (χ3v) is 4.96. The fraction of sp³-hybridized carbons (Fsp3) is 0.294. The highest BCUT2D eigenvalue weighted by Gasteiger charge is 2.15. The molecule has 25 heavy (non-hydrogen) atoms. The van der Waals surface area contributed by atoms with Crippen LogP contribution >= 0.6 is 27.3 Å². The Balaban J connectivity index is 1.65. The summed E-state index contributed by atoms with van der Waals surface area (Å²) in [5, 5.41) is 0. The third-order valence-electron chi connectivity index (χ3n) is 3.28. The minimum absolute atomic E-state index is 0.266. The van der Waals surface area contributed by atoms with E-state index in [1.54, 1.807) is 18.3 Å². The standard InChI is InChI=1S/C17H18BrFN2O3S/c1-11(24-13-7-5-12(19)6-8-13)17(23)21-20-16(22)4-2-3-14-9-10-15(18)25-14/h5-11H,2-4H2,1H3,(H,20,22)(H,21,23). The van der Waals surface area contributed by atoms with Crippen LogP contribution in [0.25, 0.3) is 0 Å². The lowest BCUT2D eigenvalue weighted by Gasteiger charge is -2.15. The van der Waals surface area contributed by atoms with Crippen LogP contribution < -0.4 is 15.6 Å². The molecule has 0 radical (unpaired) electrons. The van der Waals surface area contributed by atoms with E-state index in [2.05, 4.69) is 26.8 Å². The molecule has 0 aliphatic heterocycles. The zero-order valence-electron chi connectivity index (χ0n) is 13.6. The molecule has 0 bridgehead atoms. The molecule has 2 amide bonds. The van der Waals surface area contributed by atoms with Crippen molar-refractivity contribution in [3.63, 3.8) is 0 Å². The van der Waals surface area contributed by atoms with Gasteiger partial charge in [0, 0.05) is 11.3 Å². The molecule has 1 unspecified atom stereocenters. The summed E-state index contributed by atoms with van der Waals surface area (Å²) in [5.74, 6) is -0.762. The maximum atomic E-state index is 12.8. The fourth-order valence-corrected chi connectivity index (χ4v) is 3.50. The van der Waals surface area contributed by atoms with Crippen LogP contribution in [0.2, 0.25) is 0 Å². The van der Waals surface area contributed by atoms with E-state index >= 15 is 0 Å². The Labute approximate surface area is 157 Å². The Morgan fingerprint density at radius 2 is 1.92 bits per heavy atom. The fourth-order valence-electron chi connectivity index (χ4n) is 1.98. The first-order valence-corrected chi connectivity index (χ1v) is 9.30. The Morgan fingerprint density at radius 1 is 1.20 bits per heavy atom. The Morgan fingerprint density at radius 3 is 2.56 bits per heavy atom. The molecule has 1 aromatic heterocycles. The second-order valence-electron chi connectivity index (χ2n) is 5.31. The number of halogens is 2. The van der Waals surface area contributed by atoms with Crippen molar-refractivity contribution in [1.82, 2.24) is 10.9 Å². The zero-order chi connectivity index (χ0) is 18.2. The molecule has 2 aromatic rings. The van der Waals surface area contributed by atoms with Crippen LogP contribution in [0.1, 0.15) is 24.6 Å². The molecule has 134 valence electrons. The highest BCUT2D eigenvalue weighted by molar-refractivity contribution is 9.11. The van der Waals surface area contributed by atoms with E-state index in [9.17, 15) is 14.0 Å². The first kappa shape index (κ1) is 19.4. The third kappa shape index (κ3) is 6.83. The molecule has 0 saturated carbocycles.